The molecule has 1 aromatic rings. The number of hydrogen-bond acceptors (Lipinski definition) is 7. The first-order valence-electron chi connectivity index (χ1n) is 5.32. The molecule has 0 bridgehead atoms. The third kappa shape index (κ3) is 3.34. The quantitative estimate of drug-likeness (QED) is 0.586. The van der Waals surface area contributed by atoms with Crippen molar-refractivity contribution in [2.45, 2.75) is 13.8 Å². The Hall–Kier alpha value is -2.31. The maximum Gasteiger partial charge on any atom is 0.357 e. The molecule has 7 heteroatoms. The molecule has 7 nitrogen and oxygen atoms in total. The fourth-order valence-electron chi connectivity index (χ4n) is 1.19. The molecule has 1 heterocycles. The largest absolute Gasteiger partial charge is 0.461 e. The molecule has 0 saturated carbocycles. The molecule has 1 aromatic heterocycles. The van der Waals surface area contributed by atoms with Crippen LogP contribution in [-0.4, -0.2) is 30.1 Å². The van der Waals surface area contributed by atoms with Gasteiger partial charge in [-0.1, -0.05) is 0 Å². The van der Waals surface area contributed by atoms with Crippen LogP contribution in [0.25, 0.3) is 0 Å². The zero-order valence-corrected chi connectivity index (χ0v) is 10.0. The molecular weight excluding hydrogens is 240 g/mol. The number of hydrogen-bond donors (Lipinski definition) is 0. The number of aromatic nitrogens is 1. The molecule has 96 valence electrons. The van der Waals surface area contributed by atoms with Crippen molar-refractivity contribution in [3.63, 3.8) is 0 Å². The Balaban J connectivity index is 3.12. The van der Waals surface area contributed by atoms with Gasteiger partial charge in [-0.05, 0) is 19.0 Å². The van der Waals surface area contributed by atoms with Crippen LogP contribution in [0, 0.1) is 4.91 Å². The number of carbonyl (C=O) groups is 2. The van der Waals surface area contributed by atoms with Crippen LogP contribution >= 0.6 is 0 Å². The first-order chi connectivity index (χ1) is 8.62. The van der Waals surface area contributed by atoms with Gasteiger partial charge in [-0.3, -0.25) is 0 Å². The Kier molecular flexibility index (Phi) is 4.91. The molecule has 0 aliphatic rings. The molecule has 0 aromatic carbocycles. The van der Waals surface area contributed by atoms with Crippen molar-refractivity contribution < 1.29 is 19.1 Å². The highest BCUT2D eigenvalue weighted by Gasteiger charge is 2.16. The van der Waals surface area contributed by atoms with Crippen LogP contribution in [0.4, 0.5) is 5.69 Å². The molecule has 0 saturated heterocycles. The summed E-state index contributed by atoms with van der Waals surface area (Å²) in [6.45, 7) is 3.58. The summed E-state index contributed by atoms with van der Waals surface area (Å²) in [5.41, 5.74) is -0.398. The van der Waals surface area contributed by atoms with Gasteiger partial charge in [0.1, 0.15) is 5.69 Å². The molecule has 0 amide bonds. The first kappa shape index (κ1) is 13.8. The predicted molar refractivity (Wildman–Crippen MR) is 61.6 cm³/mol. The van der Waals surface area contributed by atoms with Gasteiger partial charge in [-0.15, -0.1) is 4.91 Å². The monoisotopic (exact) mass is 252 g/mol. The van der Waals surface area contributed by atoms with Crippen LogP contribution in [0.1, 0.15) is 34.8 Å². The molecule has 1 rings (SSSR count). The van der Waals surface area contributed by atoms with Gasteiger partial charge in [0.2, 0.25) is 0 Å². The standard InChI is InChI=1S/C11H12N2O5/c1-3-17-10(14)8-5-7(13-16)6-9(12-8)11(15)18-4-2/h5-6H,3-4H2,1-2H3. The minimum atomic E-state index is -0.728. The second-order valence-electron chi connectivity index (χ2n) is 3.13. The predicted octanol–water partition coefficient (Wildman–Crippen LogP) is 1.83. The number of rotatable bonds is 5. The molecule has 18 heavy (non-hydrogen) atoms. The molecule has 0 atom stereocenters. The first-order valence-corrected chi connectivity index (χ1v) is 5.32. The SMILES string of the molecule is CCOC(=O)c1cc(N=O)cc(C(=O)OCC)n1. The molecule has 0 spiro atoms. The summed E-state index contributed by atoms with van der Waals surface area (Å²) >= 11 is 0. The van der Waals surface area contributed by atoms with E-state index in [0.29, 0.717) is 0 Å². The van der Waals surface area contributed by atoms with E-state index < -0.39 is 11.9 Å². The average molecular weight is 252 g/mol. The zero-order valence-electron chi connectivity index (χ0n) is 10.0. The van der Waals surface area contributed by atoms with Crippen molar-refractivity contribution in [3.05, 3.63) is 28.4 Å². The lowest BCUT2D eigenvalue weighted by molar-refractivity contribution is 0.0511. The van der Waals surface area contributed by atoms with Crippen LogP contribution in [0.15, 0.2) is 17.3 Å². The van der Waals surface area contributed by atoms with Gasteiger partial charge in [0.15, 0.2) is 11.4 Å². The lowest BCUT2D eigenvalue weighted by Crippen LogP contribution is -2.12. The van der Waals surface area contributed by atoms with Crippen molar-refractivity contribution in [1.82, 2.24) is 4.98 Å². The number of ether oxygens (including phenoxy) is 2. The Morgan fingerprint density at radius 1 is 1.11 bits per heavy atom. The summed E-state index contributed by atoms with van der Waals surface area (Å²) in [5, 5.41) is 2.67. The maximum atomic E-state index is 11.5. The summed E-state index contributed by atoms with van der Waals surface area (Å²) in [4.78, 5) is 37.2. The Labute approximate surface area is 103 Å². The van der Waals surface area contributed by atoms with Crippen LogP contribution < -0.4 is 0 Å². The Morgan fingerprint density at radius 2 is 1.56 bits per heavy atom. The third-order valence-corrected chi connectivity index (χ3v) is 1.88. The zero-order chi connectivity index (χ0) is 13.5. The molecule has 0 aliphatic carbocycles. The van der Waals surface area contributed by atoms with Gasteiger partial charge in [0.05, 0.1) is 13.2 Å². The fourth-order valence-corrected chi connectivity index (χ4v) is 1.19. The number of esters is 2. The van der Waals surface area contributed by atoms with Crippen LogP contribution in [0.5, 0.6) is 0 Å². The van der Waals surface area contributed by atoms with Crippen LogP contribution in [0.3, 0.4) is 0 Å². The molecular formula is C11H12N2O5. The van der Waals surface area contributed by atoms with E-state index >= 15 is 0 Å². The maximum absolute atomic E-state index is 11.5. The normalized spacial score (nSPS) is 9.67. The van der Waals surface area contributed by atoms with E-state index in [9.17, 15) is 14.5 Å². The van der Waals surface area contributed by atoms with Crippen LogP contribution in [0.2, 0.25) is 0 Å². The smallest absolute Gasteiger partial charge is 0.357 e. The number of nitrogens with zero attached hydrogens (tertiary/aromatic N) is 2. The third-order valence-electron chi connectivity index (χ3n) is 1.88. The Morgan fingerprint density at radius 3 is 1.89 bits per heavy atom. The fraction of sp³-hybridized carbons (Fsp3) is 0.364. The summed E-state index contributed by atoms with van der Waals surface area (Å²) < 4.78 is 9.45. The van der Waals surface area contributed by atoms with Crippen molar-refractivity contribution in [3.8, 4) is 0 Å². The summed E-state index contributed by atoms with van der Waals surface area (Å²) in [5.74, 6) is -1.46. The summed E-state index contributed by atoms with van der Waals surface area (Å²) in [6.07, 6.45) is 0. The van der Waals surface area contributed by atoms with Crippen molar-refractivity contribution >= 4 is 17.6 Å². The molecule has 0 N–H and O–H groups in total. The lowest BCUT2D eigenvalue weighted by atomic mass is 10.2. The van der Waals surface area contributed by atoms with Crippen LogP contribution in [-0.2, 0) is 9.47 Å². The summed E-state index contributed by atoms with van der Waals surface area (Å²) in [7, 11) is 0. The van der Waals surface area contributed by atoms with Gasteiger partial charge in [0.25, 0.3) is 0 Å². The average Bonchev–Trinajstić information content (AvgIpc) is 2.38. The molecule has 0 unspecified atom stereocenters. The molecule has 0 radical (unpaired) electrons. The van der Waals surface area contributed by atoms with E-state index in [1.165, 1.54) is 0 Å². The van der Waals surface area contributed by atoms with Crippen molar-refractivity contribution in [2.24, 2.45) is 5.18 Å². The van der Waals surface area contributed by atoms with E-state index in [1.54, 1.807) is 13.8 Å². The van der Waals surface area contributed by atoms with Crippen molar-refractivity contribution in [2.75, 3.05) is 13.2 Å². The van der Waals surface area contributed by atoms with E-state index in [2.05, 4.69) is 10.2 Å². The number of carbonyl (C=O) groups excluding carboxylic acids is 2. The lowest BCUT2D eigenvalue weighted by Gasteiger charge is -2.04. The van der Waals surface area contributed by atoms with Gasteiger partial charge >= 0.3 is 11.9 Å². The van der Waals surface area contributed by atoms with Gasteiger partial charge in [0, 0.05) is 12.1 Å². The Bertz CT molecular complexity index is 436. The molecule has 0 fully saturated rings. The topological polar surface area (TPSA) is 94.9 Å². The van der Waals surface area contributed by atoms with Gasteiger partial charge in [-0.2, -0.15) is 0 Å². The van der Waals surface area contributed by atoms with E-state index in [0.717, 1.165) is 12.1 Å². The number of pyridine rings is 1. The molecule has 0 aliphatic heterocycles. The highest BCUT2D eigenvalue weighted by molar-refractivity contribution is 5.93. The highest BCUT2D eigenvalue weighted by atomic mass is 16.5. The minimum Gasteiger partial charge on any atom is -0.461 e. The minimum absolute atomic E-state index is 0.0869. The summed E-state index contributed by atoms with van der Waals surface area (Å²) in [6, 6.07) is 2.29. The van der Waals surface area contributed by atoms with E-state index in [4.69, 9.17) is 9.47 Å². The van der Waals surface area contributed by atoms with Crippen molar-refractivity contribution in [1.29, 1.82) is 0 Å². The van der Waals surface area contributed by atoms with E-state index in [1.807, 2.05) is 0 Å². The highest BCUT2D eigenvalue weighted by Crippen LogP contribution is 2.16. The van der Waals surface area contributed by atoms with Gasteiger partial charge < -0.3 is 9.47 Å². The second kappa shape index (κ2) is 6.43. The number of nitroso groups, excluding NO2 is 1. The second-order valence-corrected chi connectivity index (χ2v) is 3.13. The van der Waals surface area contributed by atoms with Gasteiger partial charge in [-0.25, -0.2) is 14.6 Å². The van der Waals surface area contributed by atoms with E-state index in [-0.39, 0.29) is 30.3 Å².